The van der Waals surface area contributed by atoms with Gasteiger partial charge < -0.3 is 9.47 Å². The molecule has 0 unspecified atom stereocenters. The molecule has 0 aliphatic carbocycles. The van der Waals surface area contributed by atoms with Gasteiger partial charge >= 0.3 is 0 Å². The van der Waals surface area contributed by atoms with Crippen molar-refractivity contribution >= 4 is 12.2 Å². The van der Waals surface area contributed by atoms with Gasteiger partial charge in [0.2, 0.25) is 0 Å². The Morgan fingerprint density at radius 1 is 0.760 bits per heavy atom. The largest absolute Gasteiger partial charge is 0.385 e. The topological polar surface area (TPSA) is 18.5 Å². The van der Waals surface area contributed by atoms with Gasteiger partial charge in [-0.25, -0.2) is 4.39 Å². The zero-order chi connectivity index (χ0) is 17.9. The van der Waals surface area contributed by atoms with Crippen molar-refractivity contribution in [3.05, 3.63) is 70.5 Å². The maximum Gasteiger partial charge on any atom is 0.123 e. The van der Waals surface area contributed by atoms with Gasteiger partial charge in [0.15, 0.2) is 0 Å². The Balaban J connectivity index is 2.14. The first kappa shape index (κ1) is 19.4. The van der Waals surface area contributed by atoms with Crippen LogP contribution < -0.4 is 0 Å². The first-order chi connectivity index (χ1) is 12.2. The van der Waals surface area contributed by atoms with Gasteiger partial charge in [-0.3, -0.25) is 0 Å². The van der Waals surface area contributed by atoms with E-state index in [-0.39, 0.29) is 5.82 Å². The molecule has 2 rings (SSSR count). The molecular formula is C22H27FO2. The fourth-order valence-corrected chi connectivity index (χ4v) is 2.78. The summed E-state index contributed by atoms with van der Waals surface area (Å²) in [5.41, 5.74) is 4.82. The maximum absolute atomic E-state index is 13.0. The van der Waals surface area contributed by atoms with Crippen LogP contribution in [0.15, 0.2) is 42.5 Å². The molecule has 0 saturated heterocycles. The molecule has 0 fully saturated rings. The number of rotatable bonds is 10. The van der Waals surface area contributed by atoms with Crippen LogP contribution in [0.1, 0.15) is 35.1 Å². The minimum absolute atomic E-state index is 0.210. The molecule has 2 nitrogen and oxygen atoms in total. The predicted octanol–water partition coefficient (Wildman–Crippen LogP) is 5.15. The number of methoxy groups -OCH3 is 2. The SMILES string of the molecule is COCCCc1cc(C=Cc2ccc(F)cc2)cc(CCCOC)c1. The molecule has 0 aromatic heterocycles. The molecule has 0 atom stereocenters. The standard InChI is InChI=1S/C22H27FO2/c1-24-13-3-5-19-15-20(6-4-14-25-2)17-21(16-19)8-7-18-9-11-22(23)12-10-18/h7-12,15-17H,3-6,13-14H2,1-2H3. The van der Waals surface area contributed by atoms with E-state index in [1.807, 2.05) is 6.08 Å². The minimum Gasteiger partial charge on any atom is -0.385 e. The quantitative estimate of drug-likeness (QED) is 0.439. The lowest BCUT2D eigenvalue weighted by atomic mass is 9.99. The molecule has 0 heterocycles. The third kappa shape index (κ3) is 7.20. The van der Waals surface area contributed by atoms with Crippen LogP contribution in [0.4, 0.5) is 4.39 Å². The molecule has 0 aliphatic rings. The second-order valence-corrected chi connectivity index (χ2v) is 6.16. The Bertz CT molecular complexity index is 634. The fourth-order valence-electron chi connectivity index (χ4n) is 2.78. The molecule has 0 amide bonds. The molecule has 0 bridgehead atoms. The second kappa shape index (κ2) is 10.8. The van der Waals surface area contributed by atoms with Crippen LogP contribution in [-0.2, 0) is 22.3 Å². The average Bonchev–Trinajstić information content (AvgIpc) is 2.62. The highest BCUT2D eigenvalue weighted by atomic mass is 19.1. The first-order valence-corrected chi connectivity index (χ1v) is 8.75. The van der Waals surface area contributed by atoms with Crippen molar-refractivity contribution < 1.29 is 13.9 Å². The molecule has 0 spiro atoms. The van der Waals surface area contributed by atoms with Crippen LogP contribution in [0, 0.1) is 5.82 Å². The summed E-state index contributed by atoms with van der Waals surface area (Å²) in [7, 11) is 3.47. The molecule has 2 aromatic rings. The van der Waals surface area contributed by atoms with E-state index in [2.05, 4.69) is 24.3 Å². The molecule has 2 aromatic carbocycles. The number of hydrogen-bond acceptors (Lipinski definition) is 2. The van der Waals surface area contributed by atoms with Crippen LogP contribution in [0.2, 0.25) is 0 Å². The van der Waals surface area contributed by atoms with Crippen molar-refractivity contribution in [3.8, 4) is 0 Å². The van der Waals surface area contributed by atoms with E-state index in [9.17, 15) is 4.39 Å². The Morgan fingerprint density at radius 3 is 1.80 bits per heavy atom. The third-order valence-corrected chi connectivity index (χ3v) is 4.04. The Labute approximate surface area is 150 Å². The molecule has 0 saturated carbocycles. The van der Waals surface area contributed by atoms with Gasteiger partial charge in [0.1, 0.15) is 5.82 Å². The van der Waals surface area contributed by atoms with Crippen molar-refractivity contribution in [1.29, 1.82) is 0 Å². The van der Waals surface area contributed by atoms with Crippen LogP contribution in [0.3, 0.4) is 0 Å². The normalized spacial score (nSPS) is 11.3. The zero-order valence-electron chi connectivity index (χ0n) is 15.1. The van der Waals surface area contributed by atoms with Gasteiger partial charge in [0.05, 0.1) is 0 Å². The summed E-state index contributed by atoms with van der Waals surface area (Å²) >= 11 is 0. The Morgan fingerprint density at radius 2 is 1.28 bits per heavy atom. The van der Waals surface area contributed by atoms with E-state index < -0.39 is 0 Å². The van der Waals surface area contributed by atoms with Crippen molar-refractivity contribution in [3.63, 3.8) is 0 Å². The van der Waals surface area contributed by atoms with Crippen LogP contribution in [0.25, 0.3) is 12.2 Å². The smallest absolute Gasteiger partial charge is 0.123 e. The maximum atomic E-state index is 13.0. The van der Waals surface area contributed by atoms with Gasteiger partial charge in [-0.2, -0.15) is 0 Å². The minimum atomic E-state index is -0.210. The Kier molecular flexibility index (Phi) is 8.36. The fraction of sp³-hybridized carbons (Fsp3) is 0.364. The van der Waals surface area contributed by atoms with Gasteiger partial charge in [-0.1, -0.05) is 42.5 Å². The third-order valence-electron chi connectivity index (χ3n) is 4.04. The van der Waals surface area contributed by atoms with E-state index in [0.29, 0.717) is 0 Å². The van der Waals surface area contributed by atoms with Gasteiger partial charge in [-0.15, -0.1) is 0 Å². The van der Waals surface area contributed by atoms with E-state index >= 15 is 0 Å². The number of benzene rings is 2. The highest BCUT2D eigenvalue weighted by Crippen LogP contribution is 2.17. The average molecular weight is 342 g/mol. The molecule has 134 valence electrons. The second-order valence-electron chi connectivity index (χ2n) is 6.16. The summed E-state index contributed by atoms with van der Waals surface area (Å²) in [4.78, 5) is 0. The van der Waals surface area contributed by atoms with Gasteiger partial charge in [0.25, 0.3) is 0 Å². The van der Waals surface area contributed by atoms with Gasteiger partial charge in [0, 0.05) is 27.4 Å². The molecule has 3 heteroatoms. The van der Waals surface area contributed by atoms with E-state index in [1.165, 1.54) is 28.8 Å². The van der Waals surface area contributed by atoms with Crippen LogP contribution >= 0.6 is 0 Å². The summed E-state index contributed by atoms with van der Waals surface area (Å²) < 4.78 is 23.3. The van der Waals surface area contributed by atoms with E-state index in [0.717, 1.165) is 44.5 Å². The van der Waals surface area contributed by atoms with Gasteiger partial charge in [-0.05, 0) is 60.1 Å². The van der Waals surface area contributed by atoms with Crippen molar-refractivity contribution in [2.75, 3.05) is 27.4 Å². The van der Waals surface area contributed by atoms with Crippen LogP contribution in [-0.4, -0.2) is 27.4 Å². The molecule has 0 radical (unpaired) electrons. The van der Waals surface area contributed by atoms with E-state index in [4.69, 9.17) is 9.47 Å². The molecule has 25 heavy (non-hydrogen) atoms. The highest BCUT2D eigenvalue weighted by Gasteiger charge is 2.01. The number of ether oxygens (including phenoxy) is 2. The molecule has 0 N–H and O–H groups in total. The summed E-state index contributed by atoms with van der Waals surface area (Å²) in [6.45, 7) is 1.54. The van der Waals surface area contributed by atoms with Crippen molar-refractivity contribution in [2.45, 2.75) is 25.7 Å². The van der Waals surface area contributed by atoms with Crippen LogP contribution in [0.5, 0.6) is 0 Å². The highest BCUT2D eigenvalue weighted by molar-refractivity contribution is 5.70. The lowest BCUT2D eigenvalue weighted by Gasteiger charge is -2.08. The number of halogens is 1. The summed E-state index contributed by atoms with van der Waals surface area (Å²) in [6.07, 6.45) is 8.14. The summed E-state index contributed by atoms with van der Waals surface area (Å²) in [5.74, 6) is -0.210. The monoisotopic (exact) mass is 342 g/mol. The summed E-state index contributed by atoms with van der Waals surface area (Å²) in [5, 5.41) is 0. The lowest BCUT2D eigenvalue weighted by molar-refractivity contribution is 0.195. The van der Waals surface area contributed by atoms with Crippen molar-refractivity contribution in [2.24, 2.45) is 0 Å². The first-order valence-electron chi connectivity index (χ1n) is 8.75. The van der Waals surface area contributed by atoms with E-state index in [1.54, 1.807) is 26.4 Å². The molecule has 0 aliphatic heterocycles. The zero-order valence-corrected chi connectivity index (χ0v) is 15.1. The van der Waals surface area contributed by atoms with Crippen molar-refractivity contribution in [1.82, 2.24) is 0 Å². The predicted molar refractivity (Wildman–Crippen MR) is 102 cm³/mol. The number of aryl methyl sites for hydroxylation is 2. The molecular weight excluding hydrogens is 315 g/mol. The summed E-state index contributed by atoms with van der Waals surface area (Å²) in [6, 6.07) is 13.3. The Hall–Kier alpha value is -1.97. The number of hydrogen-bond donors (Lipinski definition) is 0. The lowest BCUT2D eigenvalue weighted by Crippen LogP contribution is -1.97.